The predicted molar refractivity (Wildman–Crippen MR) is 265 cm³/mol. The van der Waals surface area contributed by atoms with Crippen molar-refractivity contribution in [2.75, 3.05) is 0 Å². The largest absolute Gasteiger partial charge is 0.309 e. The molecule has 7 nitrogen and oxygen atoms in total. The van der Waals surface area contributed by atoms with Crippen molar-refractivity contribution in [1.82, 2.24) is 33.6 Å². The lowest BCUT2D eigenvalue weighted by molar-refractivity contribution is 1.06. The number of para-hydroxylation sites is 6. The van der Waals surface area contributed by atoms with Gasteiger partial charge >= 0.3 is 0 Å². The summed E-state index contributed by atoms with van der Waals surface area (Å²) in [6, 6.07) is 78.5. The normalized spacial score (nSPS) is 11.7. The first-order chi connectivity index (χ1) is 32.2. The van der Waals surface area contributed by atoms with Crippen LogP contribution >= 0.6 is 0 Å². The van der Waals surface area contributed by atoms with Gasteiger partial charge in [0.05, 0.1) is 38.8 Å². The van der Waals surface area contributed by atoms with E-state index in [9.17, 15) is 0 Å². The number of fused-ring (bicyclic) bond motifs is 7. The number of nitrogens with zero attached hydrogens (tertiary/aromatic N) is 7. The van der Waals surface area contributed by atoms with Crippen molar-refractivity contribution < 1.29 is 0 Å². The van der Waals surface area contributed by atoms with E-state index in [2.05, 4.69) is 202 Å². The maximum Gasteiger partial charge on any atom is 0.166 e. The van der Waals surface area contributed by atoms with E-state index in [4.69, 9.17) is 19.9 Å². The van der Waals surface area contributed by atoms with Gasteiger partial charge in [-0.15, -0.1) is 0 Å². The molecule has 0 unspecified atom stereocenters. The molecule has 0 spiro atoms. The van der Waals surface area contributed by atoms with Crippen molar-refractivity contribution >= 4 is 54.6 Å². The third kappa shape index (κ3) is 5.98. The van der Waals surface area contributed by atoms with Crippen molar-refractivity contribution in [3.63, 3.8) is 0 Å². The molecule has 0 aliphatic carbocycles. The Kier molecular flexibility index (Phi) is 8.39. The van der Waals surface area contributed by atoms with E-state index in [1.165, 1.54) is 21.5 Å². The SMILES string of the molecule is c1ccc(-c2nc(-c3ccccc3)nc(-c3cc(-c4nc5ccccc5n4-c4ccc5c6ccccc6n(-c6ccccc6)c5c4)ccc3-n3c4ccccc4c4ccccc43)n2)cc1. The van der Waals surface area contributed by atoms with Crippen LogP contribution in [0.15, 0.2) is 224 Å². The third-order valence-corrected chi connectivity index (χ3v) is 12.5. The van der Waals surface area contributed by atoms with Crippen LogP contribution in [0.1, 0.15) is 0 Å². The second kappa shape index (κ2) is 14.9. The Morgan fingerprint density at radius 2 is 0.769 bits per heavy atom. The van der Waals surface area contributed by atoms with E-state index in [0.717, 1.165) is 78.2 Å². The highest BCUT2D eigenvalue weighted by atomic mass is 15.1. The standard InChI is InChI=1S/C58H37N7/c1-4-18-38(19-5-1)55-60-56(39-20-6-2-7-21-39)62-57(61-55)47-36-40(32-35-52(47)65-50-29-15-11-24-43(50)44-25-12-16-30-51(44)65)58-59-48-27-13-17-31-53(48)64(58)42-33-34-46-45-26-10-14-28-49(45)63(54(46)37-42)41-22-8-3-9-23-41/h1-37H. The molecule has 4 aromatic heterocycles. The summed E-state index contributed by atoms with van der Waals surface area (Å²) in [6.45, 7) is 0. The third-order valence-electron chi connectivity index (χ3n) is 12.5. The van der Waals surface area contributed by atoms with Crippen LogP contribution in [-0.2, 0) is 0 Å². The molecule has 13 aromatic rings. The predicted octanol–water partition coefficient (Wildman–Crippen LogP) is 14.1. The van der Waals surface area contributed by atoms with Gasteiger partial charge in [-0.25, -0.2) is 19.9 Å². The van der Waals surface area contributed by atoms with Crippen LogP contribution in [0.25, 0.3) is 117 Å². The first kappa shape index (κ1) is 36.7. The average Bonchev–Trinajstić information content (AvgIpc) is 4.05. The van der Waals surface area contributed by atoms with E-state index in [-0.39, 0.29) is 0 Å². The van der Waals surface area contributed by atoms with Crippen molar-refractivity contribution in [1.29, 1.82) is 0 Å². The van der Waals surface area contributed by atoms with Gasteiger partial charge in [-0.1, -0.05) is 152 Å². The van der Waals surface area contributed by atoms with E-state index >= 15 is 0 Å². The minimum atomic E-state index is 0.563. The Bertz CT molecular complexity index is 3830. The molecule has 304 valence electrons. The maximum atomic E-state index is 5.42. The highest BCUT2D eigenvalue weighted by Gasteiger charge is 2.23. The van der Waals surface area contributed by atoms with Crippen molar-refractivity contribution in [2.24, 2.45) is 0 Å². The Hall–Kier alpha value is -8.94. The van der Waals surface area contributed by atoms with Gasteiger partial charge in [-0.3, -0.25) is 4.57 Å². The zero-order valence-corrected chi connectivity index (χ0v) is 35.0. The maximum absolute atomic E-state index is 5.42. The minimum absolute atomic E-state index is 0.563. The molecule has 0 N–H and O–H groups in total. The number of hydrogen-bond acceptors (Lipinski definition) is 4. The van der Waals surface area contributed by atoms with Crippen LogP contribution in [0.4, 0.5) is 0 Å². The molecule has 0 radical (unpaired) electrons. The van der Waals surface area contributed by atoms with E-state index in [1.54, 1.807) is 0 Å². The Morgan fingerprint density at radius 3 is 1.38 bits per heavy atom. The molecule has 0 atom stereocenters. The second-order valence-electron chi connectivity index (χ2n) is 16.3. The summed E-state index contributed by atoms with van der Waals surface area (Å²) in [7, 11) is 0. The molecular formula is C58H37N7. The topological polar surface area (TPSA) is 66.3 Å². The van der Waals surface area contributed by atoms with Gasteiger partial charge in [0.15, 0.2) is 17.5 Å². The smallest absolute Gasteiger partial charge is 0.166 e. The number of rotatable bonds is 7. The van der Waals surface area contributed by atoms with Crippen LogP contribution in [-0.4, -0.2) is 33.6 Å². The highest BCUT2D eigenvalue weighted by Crippen LogP contribution is 2.40. The molecule has 9 aromatic carbocycles. The summed E-state index contributed by atoms with van der Waals surface area (Å²) in [4.78, 5) is 21.1. The first-order valence-corrected chi connectivity index (χ1v) is 21.8. The molecule has 65 heavy (non-hydrogen) atoms. The van der Waals surface area contributed by atoms with Crippen LogP contribution < -0.4 is 0 Å². The first-order valence-electron chi connectivity index (χ1n) is 21.8. The average molecular weight is 832 g/mol. The van der Waals surface area contributed by atoms with Crippen LogP contribution in [0.5, 0.6) is 0 Å². The fraction of sp³-hybridized carbons (Fsp3) is 0. The summed E-state index contributed by atoms with van der Waals surface area (Å²) in [6.07, 6.45) is 0. The number of hydrogen-bond donors (Lipinski definition) is 0. The lowest BCUT2D eigenvalue weighted by Crippen LogP contribution is -2.05. The van der Waals surface area contributed by atoms with E-state index in [1.807, 2.05) is 36.4 Å². The fourth-order valence-electron chi connectivity index (χ4n) is 9.59. The molecule has 0 bridgehead atoms. The van der Waals surface area contributed by atoms with Gasteiger partial charge < -0.3 is 9.13 Å². The molecule has 0 amide bonds. The summed E-state index contributed by atoms with van der Waals surface area (Å²) < 4.78 is 7.00. The summed E-state index contributed by atoms with van der Waals surface area (Å²) in [5.41, 5.74) is 13.0. The zero-order chi connectivity index (χ0) is 42.8. The molecule has 7 heteroatoms. The number of imidazole rings is 1. The fourth-order valence-corrected chi connectivity index (χ4v) is 9.59. The summed E-state index contributed by atoms with van der Waals surface area (Å²) in [5, 5.41) is 4.75. The molecular weight excluding hydrogens is 795 g/mol. The highest BCUT2D eigenvalue weighted by molar-refractivity contribution is 6.11. The van der Waals surface area contributed by atoms with Crippen molar-refractivity contribution in [3.8, 4) is 62.6 Å². The second-order valence-corrected chi connectivity index (χ2v) is 16.3. The monoisotopic (exact) mass is 831 g/mol. The molecule has 0 fully saturated rings. The quantitative estimate of drug-likeness (QED) is 0.160. The molecule has 0 saturated heterocycles. The van der Waals surface area contributed by atoms with Crippen molar-refractivity contribution in [2.45, 2.75) is 0 Å². The molecule has 0 aliphatic heterocycles. The van der Waals surface area contributed by atoms with E-state index in [0.29, 0.717) is 17.5 Å². The summed E-state index contributed by atoms with van der Waals surface area (Å²) in [5.74, 6) is 2.57. The lowest BCUT2D eigenvalue weighted by atomic mass is 10.1. The molecule has 0 aliphatic rings. The summed E-state index contributed by atoms with van der Waals surface area (Å²) >= 11 is 0. The van der Waals surface area contributed by atoms with Gasteiger partial charge in [0.2, 0.25) is 0 Å². The van der Waals surface area contributed by atoms with Gasteiger partial charge in [0, 0.05) is 55.2 Å². The molecule has 4 heterocycles. The van der Waals surface area contributed by atoms with Crippen LogP contribution in [0.3, 0.4) is 0 Å². The van der Waals surface area contributed by atoms with E-state index < -0.39 is 0 Å². The van der Waals surface area contributed by atoms with Crippen LogP contribution in [0.2, 0.25) is 0 Å². The van der Waals surface area contributed by atoms with Gasteiger partial charge in [0.25, 0.3) is 0 Å². The minimum Gasteiger partial charge on any atom is -0.309 e. The lowest BCUT2D eigenvalue weighted by Gasteiger charge is -2.17. The molecule has 13 rings (SSSR count). The Morgan fingerprint density at radius 1 is 0.277 bits per heavy atom. The van der Waals surface area contributed by atoms with Gasteiger partial charge in [0.1, 0.15) is 5.82 Å². The Balaban J connectivity index is 1.10. The number of aromatic nitrogens is 7. The number of benzene rings is 9. The van der Waals surface area contributed by atoms with Crippen LogP contribution in [0, 0.1) is 0 Å². The Labute approximate surface area is 373 Å². The van der Waals surface area contributed by atoms with Gasteiger partial charge in [-0.2, -0.15) is 0 Å². The van der Waals surface area contributed by atoms with Gasteiger partial charge in [-0.05, 0) is 72.8 Å². The zero-order valence-electron chi connectivity index (χ0n) is 35.0. The molecule has 0 saturated carbocycles. The van der Waals surface area contributed by atoms with Crippen molar-refractivity contribution in [3.05, 3.63) is 224 Å².